The lowest BCUT2D eigenvalue weighted by Gasteiger charge is -2.14. The number of rotatable bonds is 2. The van der Waals surface area contributed by atoms with E-state index < -0.39 is 5.41 Å². The maximum atomic E-state index is 11.4. The Morgan fingerprint density at radius 3 is 2.20 bits per heavy atom. The summed E-state index contributed by atoms with van der Waals surface area (Å²) in [5, 5.41) is 0. The standard InChI is InChI=1S/C11H16NO2.ClH/c1-11(2,3)10(13)14-9-12-7-5-4-6-8-12;/h4-8H,9H2,1-3H3;1H/q+1;/p-1. The van der Waals surface area contributed by atoms with Gasteiger partial charge in [0, 0.05) is 12.1 Å². The van der Waals surface area contributed by atoms with E-state index in [0.29, 0.717) is 0 Å². The van der Waals surface area contributed by atoms with Crippen molar-refractivity contribution in [2.24, 2.45) is 5.41 Å². The summed E-state index contributed by atoms with van der Waals surface area (Å²) in [7, 11) is 0. The second-order valence-electron chi connectivity index (χ2n) is 4.20. The van der Waals surface area contributed by atoms with Crippen molar-refractivity contribution < 1.29 is 26.5 Å². The molecule has 0 amide bonds. The van der Waals surface area contributed by atoms with Gasteiger partial charge in [-0.3, -0.25) is 4.79 Å². The van der Waals surface area contributed by atoms with Gasteiger partial charge in [0.05, 0.1) is 5.41 Å². The van der Waals surface area contributed by atoms with E-state index in [9.17, 15) is 4.79 Å². The molecular weight excluding hydrogens is 214 g/mol. The molecule has 4 heteroatoms. The van der Waals surface area contributed by atoms with E-state index >= 15 is 0 Å². The Labute approximate surface area is 96.5 Å². The molecule has 0 saturated heterocycles. The van der Waals surface area contributed by atoms with E-state index in [1.807, 2.05) is 55.9 Å². The Hall–Kier alpha value is -1.09. The summed E-state index contributed by atoms with van der Waals surface area (Å²) in [4.78, 5) is 11.4. The van der Waals surface area contributed by atoms with Crippen LogP contribution >= 0.6 is 0 Å². The van der Waals surface area contributed by atoms with Gasteiger partial charge in [0.2, 0.25) is 0 Å². The first-order valence-corrected chi connectivity index (χ1v) is 4.61. The van der Waals surface area contributed by atoms with Crippen LogP contribution in [0.4, 0.5) is 0 Å². The number of nitrogens with zero attached hydrogens (tertiary/aromatic N) is 1. The fraction of sp³-hybridized carbons (Fsp3) is 0.455. The molecule has 0 aromatic carbocycles. The van der Waals surface area contributed by atoms with Crippen LogP contribution in [-0.2, 0) is 16.3 Å². The third kappa shape index (κ3) is 4.79. The fourth-order valence-corrected chi connectivity index (χ4v) is 0.870. The Balaban J connectivity index is 0.00000196. The molecule has 0 N–H and O–H groups in total. The molecule has 1 aromatic rings. The summed E-state index contributed by atoms with van der Waals surface area (Å²) in [6.45, 7) is 5.79. The number of hydrogen-bond acceptors (Lipinski definition) is 2. The van der Waals surface area contributed by atoms with Crippen molar-refractivity contribution in [2.75, 3.05) is 0 Å². The molecule has 0 fully saturated rings. The van der Waals surface area contributed by atoms with Gasteiger partial charge in [0.15, 0.2) is 12.4 Å². The quantitative estimate of drug-likeness (QED) is 0.458. The van der Waals surface area contributed by atoms with Crippen molar-refractivity contribution in [1.29, 1.82) is 0 Å². The molecule has 84 valence electrons. The SMILES string of the molecule is CC(C)(C)C(=O)OC[n+]1ccccc1.[Cl-]. The molecule has 15 heavy (non-hydrogen) atoms. The lowest BCUT2D eigenvalue weighted by Crippen LogP contribution is -3.00. The third-order valence-corrected chi connectivity index (χ3v) is 1.73. The first-order chi connectivity index (χ1) is 6.50. The number of hydrogen-bond donors (Lipinski definition) is 0. The highest BCUT2D eigenvalue weighted by atomic mass is 35.5. The first-order valence-electron chi connectivity index (χ1n) is 4.61. The average molecular weight is 230 g/mol. The van der Waals surface area contributed by atoms with Gasteiger partial charge in [-0.05, 0) is 20.8 Å². The summed E-state index contributed by atoms with van der Waals surface area (Å²) < 4.78 is 6.93. The van der Waals surface area contributed by atoms with Gasteiger partial charge >= 0.3 is 5.97 Å². The maximum absolute atomic E-state index is 11.4. The fourth-order valence-electron chi connectivity index (χ4n) is 0.870. The number of pyridine rings is 1. The minimum Gasteiger partial charge on any atom is -1.00 e. The highest BCUT2D eigenvalue weighted by molar-refractivity contribution is 5.75. The molecule has 0 aliphatic heterocycles. The number of carbonyl (C=O) groups is 1. The molecule has 1 rings (SSSR count). The smallest absolute Gasteiger partial charge is 0.316 e. The molecule has 0 aliphatic carbocycles. The molecule has 0 bridgehead atoms. The van der Waals surface area contributed by atoms with Crippen LogP contribution in [0.5, 0.6) is 0 Å². The summed E-state index contributed by atoms with van der Waals surface area (Å²) in [6.07, 6.45) is 3.71. The van der Waals surface area contributed by atoms with Crippen molar-refractivity contribution in [3.63, 3.8) is 0 Å². The van der Waals surface area contributed by atoms with Crippen LogP contribution in [0.1, 0.15) is 20.8 Å². The Kier molecular flexibility index (Phi) is 5.29. The van der Waals surface area contributed by atoms with E-state index in [-0.39, 0.29) is 25.1 Å². The van der Waals surface area contributed by atoms with Crippen molar-refractivity contribution >= 4 is 5.97 Å². The summed E-state index contributed by atoms with van der Waals surface area (Å²) in [5.74, 6) is -0.186. The van der Waals surface area contributed by atoms with Crippen molar-refractivity contribution in [3.05, 3.63) is 30.6 Å². The summed E-state index contributed by atoms with van der Waals surface area (Å²) in [6, 6.07) is 5.71. The Morgan fingerprint density at radius 2 is 1.73 bits per heavy atom. The van der Waals surface area contributed by atoms with E-state index in [4.69, 9.17) is 4.74 Å². The monoisotopic (exact) mass is 229 g/mol. The van der Waals surface area contributed by atoms with Crippen LogP contribution < -0.4 is 17.0 Å². The minimum absolute atomic E-state index is 0. The predicted octanol–water partition coefficient (Wildman–Crippen LogP) is -1.48. The molecular formula is C11H16ClNO2. The highest BCUT2D eigenvalue weighted by Crippen LogP contribution is 2.14. The van der Waals surface area contributed by atoms with Crippen LogP contribution in [0, 0.1) is 5.41 Å². The normalized spacial score (nSPS) is 10.3. The number of halogens is 1. The highest BCUT2D eigenvalue weighted by Gasteiger charge is 2.23. The van der Waals surface area contributed by atoms with Crippen LogP contribution in [0.25, 0.3) is 0 Å². The summed E-state index contributed by atoms with van der Waals surface area (Å²) in [5.41, 5.74) is -0.435. The zero-order valence-corrected chi connectivity index (χ0v) is 9.99. The van der Waals surface area contributed by atoms with E-state index in [0.717, 1.165) is 0 Å². The second-order valence-corrected chi connectivity index (χ2v) is 4.20. The molecule has 0 atom stereocenters. The second kappa shape index (κ2) is 5.71. The van der Waals surface area contributed by atoms with E-state index in [1.165, 1.54) is 0 Å². The molecule has 0 radical (unpaired) electrons. The molecule has 0 aliphatic rings. The van der Waals surface area contributed by atoms with Gasteiger partial charge in [0.1, 0.15) is 0 Å². The van der Waals surface area contributed by atoms with Crippen molar-refractivity contribution in [1.82, 2.24) is 0 Å². The molecule has 1 aromatic heterocycles. The van der Waals surface area contributed by atoms with Gasteiger partial charge in [-0.25, -0.2) is 0 Å². The van der Waals surface area contributed by atoms with Gasteiger partial charge in [-0.2, -0.15) is 4.57 Å². The first kappa shape index (κ1) is 13.9. The Morgan fingerprint density at radius 1 is 1.20 bits per heavy atom. The number of carbonyl (C=O) groups excluding carboxylic acids is 1. The zero-order valence-electron chi connectivity index (χ0n) is 9.24. The number of ether oxygens (including phenoxy) is 1. The lowest BCUT2D eigenvalue weighted by molar-refractivity contribution is -0.727. The van der Waals surface area contributed by atoms with Crippen LogP contribution in [0.3, 0.4) is 0 Å². The number of aromatic nitrogens is 1. The van der Waals surface area contributed by atoms with Gasteiger partial charge in [-0.15, -0.1) is 0 Å². The topological polar surface area (TPSA) is 30.2 Å². The van der Waals surface area contributed by atoms with E-state index in [1.54, 1.807) is 0 Å². The van der Waals surface area contributed by atoms with E-state index in [2.05, 4.69) is 0 Å². The minimum atomic E-state index is -0.435. The van der Waals surface area contributed by atoms with Gasteiger partial charge < -0.3 is 17.1 Å². The molecule has 0 unspecified atom stereocenters. The van der Waals surface area contributed by atoms with Gasteiger partial charge in [0.25, 0.3) is 6.73 Å². The summed E-state index contributed by atoms with van der Waals surface area (Å²) >= 11 is 0. The van der Waals surface area contributed by atoms with Crippen molar-refractivity contribution in [2.45, 2.75) is 27.5 Å². The van der Waals surface area contributed by atoms with Crippen LogP contribution in [0.15, 0.2) is 30.6 Å². The molecule has 0 saturated carbocycles. The van der Waals surface area contributed by atoms with Gasteiger partial charge in [-0.1, -0.05) is 6.07 Å². The maximum Gasteiger partial charge on any atom is 0.316 e. The Bertz CT molecular complexity index is 306. The zero-order chi connectivity index (χ0) is 10.6. The van der Waals surface area contributed by atoms with Crippen molar-refractivity contribution in [3.8, 4) is 0 Å². The average Bonchev–Trinajstić information content (AvgIpc) is 2.14. The molecule has 1 heterocycles. The third-order valence-electron chi connectivity index (χ3n) is 1.73. The molecule has 3 nitrogen and oxygen atoms in total. The molecule has 0 spiro atoms. The largest absolute Gasteiger partial charge is 1.00 e. The van der Waals surface area contributed by atoms with Crippen LogP contribution in [-0.4, -0.2) is 5.97 Å². The number of esters is 1. The predicted molar refractivity (Wildman–Crippen MR) is 52.2 cm³/mol. The van der Waals surface area contributed by atoms with Crippen LogP contribution in [0.2, 0.25) is 0 Å². The lowest BCUT2D eigenvalue weighted by atomic mass is 9.98.